The molecule has 2 aliphatic rings. The maximum atomic E-state index is 14.2. The molecule has 43 heavy (non-hydrogen) atoms. The summed E-state index contributed by atoms with van der Waals surface area (Å²) in [5.74, 6) is -2.03. The number of halogens is 1. The standard InChI is InChI=1S/C28H23FN8O6/c29-15-5-12(6-16(8-15)34-22-21(30)23(38)24(22)39)10-31-26(40)19-9-20(33-11-32-19)27(41)35-18-4-2-13-7-14(1-3-17(13)18)25-36-28(42)43-37-25/h3,5-9,11,14,18,34H,1-2,4,10,30H2,(H,31,40)(H,35,41)(H,36,37,42)/t14?,18-/m0/s1. The number of aromatic amines is 1. The molecule has 0 bridgehead atoms. The Balaban J connectivity index is 1.07. The van der Waals surface area contributed by atoms with Gasteiger partial charge in [0.1, 0.15) is 34.9 Å². The van der Waals surface area contributed by atoms with Crippen molar-refractivity contribution in [2.45, 2.75) is 37.8 Å². The quantitative estimate of drug-likeness (QED) is 0.184. The first-order valence-electron chi connectivity index (χ1n) is 13.2. The number of carbonyl (C=O) groups is 2. The first-order valence-corrected chi connectivity index (χ1v) is 13.2. The third-order valence-corrected chi connectivity index (χ3v) is 7.32. The van der Waals surface area contributed by atoms with E-state index in [1.807, 2.05) is 12.2 Å². The molecule has 4 aromatic rings. The molecule has 1 saturated carbocycles. The van der Waals surface area contributed by atoms with Gasteiger partial charge >= 0.3 is 5.76 Å². The third kappa shape index (κ3) is 5.47. The molecule has 6 rings (SSSR count). The molecule has 0 spiro atoms. The molecule has 1 unspecified atom stereocenters. The Hall–Kier alpha value is -5.73. The number of hydrogen-bond donors (Lipinski definition) is 5. The molecule has 1 fully saturated rings. The van der Waals surface area contributed by atoms with Crippen molar-refractivity contribution in [2.24, 2.45) is 0 Å². The highest BCUT2D eigenvalue weighted by molar-refractivity contribution is 5.97. The van der Waals surface area contributed by atoms with Crippen molar-refractivity contribution < 1.29 is 18.5 Å². The monoisotopic (exact) mass is 586 g/mol. The maximum absolute atomic E-state index is 14.2. The van der Waals surface area contributed by atoms with Crippen LogP contribution in [0.4, 0.5) is 21.5 Å². The zero-order valence-electron chi connectivity index (χ0n) is 22.3. The van der Waals surface area contributed by atoms with Gasteiger partial charge in [0.25, 0.3) is 22.7 Å². The molecule has 2 aromatic heterocycles. The molecule has 15 heteroatoms. The van der Waals surface area contributed by atoms with E-state index in [0.29, 0.717) is 24.2 Å². The van der Waals surface area contributed by atoms with Crippen LogP contribution >= 0.6 is 0 Å². The Kier molecular flexibility index (Phi) is 6.97. The number of nitrogen functional groups attached to an aromatic ring is 1. The van der Waals surface area contributed by atoms with Gasteiger partial charge in [0, 0.05) is 24.2 Å². The summed E-state index contributed by atoms with van der Waals surface area (Å²) < 4.78 is 18.8. The van der Waals surface area contributed by atoms with Crippen LogP contribution in [-0.2, 0) is 6.54 Å². The minimum Gasteiger partial charge on any atom is -0.394 e. The van der Waals surface area contributed by atoms with Crippen molar-refractivity contribution in [2.75, 3.05) is 11.1 Å². The average molecular weight is 587 g/mol. The Labute approximate surface area is 240 Å². The van der Waals surface area contributed by atoms with E-state index in [4.69, 9.17) is 5.73 Å². The summed E-state index contributed by atoms with van der Waals surface area (Å²) in [6.45, 7) is -0.104. The number of allylic oxidation sites excluding steroid dienone is 2. The van der Waals surface area contributed by atoms with Crippen molar-refractivity contribution in [3.8, 4) is 0 Å². The lowest BCUT2D eigenvalue weighted by atomic mass is 9.90. The van der Waals surface area contributed by atoms with E-state index >= 15 is 0 Å². The van der Waals surface area contributed by atoms with Crippen molar-refractivity contribution in [1.82, 2.24) is 30.7 Å². The number of nitrogens with one attached hydrogen (secondary N) is 4. The van der Waals surface area contributed by atoms with Crippen LogP contribution in [0.25, 0.3) is 0 Å². The van der Waals surface area contributed by atoms with E-state index in [1.54, 1.807) is 0 Å². The predicted molar refractivity (Wildman–Crippen MR) is 150 cm³/mol. The number of fused-ring (bicyclic) bond motifs is 1. The zero-order valence-corrected chi connectivity index (χ0v) is 22.3. The van der Waals surface area contributed by atoms with Crippen molar-refractivity contribution >= 4 is 28.9 Å². The molecular weight excluding hydrogens is 563 g/mol. The Bertz CT molecular complexity index is 1970. The highest BCUT2D eigenvalue weighted by Gasteiger charge is 2.31. The van der Waals surface area contributed by atoms with Crippen LogP contribution in [0.2, 0.25) is 0 Å². The smallest absolute Gasteiger partial charge is 0.394 e. The van der Waals surface area contributed by atoms with Crippen LogP contribution in [0.3, 0.4) is 0 Å². The number of H-pyrrole nitrogens is 1. The highest BCUT2D eigenvalue weighted by Crippen LogP contribution is 2.38. The van der Waals surface area contributed by atoms with Crippen LogP contribution in [0, 0.1) is 5.82 Å². The van der Waals surface area contributed by atoms with Crippen LogP contribution in [-0.4, -0.2) is 38.0 Å². The van der Waals surface area contributed by atoms with Crippen LogP contribution < -0.4 is 38.3 Å². The van der Waals surface area contributed by atoms with Gasteiger partial charge in [-0.05, 0) is 54.2 Å². The Morgan fingerprint density at radius 2 is 1.86 bits per heavy atom. The molecule has 0 radical (unpaired) electrons. The first kappa shape index (κ1) is 27.4. The fourth-order valence-electron chi connectivity index (χ4n) is 5.20. The topological polar surface area (TPSA) is 215 Å². The largest absolute Gasteiger partial charge is 0.438 e. The molecule has 0 aliphatic heterocycles. The molecule has 218 valence electrons. The van der Waals surface area contributed by atoms with Gasteiger partial charge in [-0.1, -0.05) is 17.3 Å². The van der Waals surface area contributed by atoms with E-state index < -0.39 is 34.2 Å². The fourth-order valence-corrected chi connectivity index (χ4v) is 5.20. The summed E-state index contributed by atoms with van der Waals surface area (Å²) >= 11 is 0. The number of aromatic nitrogens is 4. The number of amides is 2. The molecule has 2 aliphatic carbocycles. The summed E-state index contributed by atoms with van der Waals surface area (Å²) in [6.07, 6.45) is 7.10. The molecule has 6 N–H and O–H groups in total. The molecule has 2 heterocycles. The van der Waals surface area contributed by atoms with E-state index in [-0.39, 0.29) is 47.0 Å². The zero-order chi connectivity index (χ0) is 30.2. The number of nitrogens with zero attached hydrogens (tertiary/aromatic N) is 3. The molecular formula is C28H23FN8O6. The normalized spacial score (nSPS) is 17.6. The van der Waals surface area contributed by atoms with Gasteiger partial charge in [-0.15, -0.1) is 0 Å². The average Bonchev–Trinajstić information content (AvgIpc) is 3.63. The molecule has 2 atom stereocenters. The summed E-state index contributed by atoms with van der Waals surface area (Å²) in [5, 5.41) is 12.0. The third-order valence-electron chi connectivity index (χ3n) is 7.32. The second kappa shape index (κ2) is 10.9. The van der Waals surface area contributed by atoms with Crippen LogP contribution in [0.5, 0.6) is 0 Å². The van der Waals surface area contributed by atoms with Crippen LogP contribution in [0.1, 0.15) is 57.5 Å². The summed E-state index contributed by atoms with van der Waals surface area (Å²) in [6, 6.07) is 4.79. The lowest BCUT2D eigenvalue weighted by molar-refractivity contribution is 0.0938. The fraction of sp³-hybridized carbons (Fsp3) is 0.214. The number of rotatable bonds is 8. The predicted octanol–water partition coefficient (Wildman–Crippen LogP) is 1.08. The van der Waals surface area contributed by atoms with E-state index in [1.165, 1.54) is 18.2 Å². The SMILES string of the molecule is Nc1c(Nc2cc(F)cc(CNC(=O)c3cc(C(=O)N[C@H]4CCC5=CC(c6noc(=O)[nH]6)CC=C54)ncn3)c2)c(=O)c1=O. The second-order valence-electron chi connectivity index (χ2n) is 10.1. The Morgan fingerprint density at radius 1 is 1.07 bits per heavy atom. The minimum atomic E-state index is -0.808. The molecule has 2 amide bonds. The second-order valence-corrected chi connectivity index (χ2v) is 10.1. The van der Waals surface area contributed by atoms with Gasteiger partial charge in [-0.3, -0.25) is 28.7 Å². The number of benzene rings is 1. The van der Waals surface area contributed by atoms with Gasteiger partial charge in [0.05, 0.1) is 6.04 Å². The van der Waals surface area contributed by atoms with E-state index in [2.05, 4.69) is 40.6 Å². The molecule has 0 saturated heterocycles. The van der Waals surface area contributed by atoms with Gasteiger partial charge in [-0.25, -0.2) is 19.2 Å². The number of nitrogens with two attached hydrogens (primary N) is 1. The van der Waals surface area contributed by atoms with Gasteiger partial charge < -0.3 is 21.7 Å². The van der Waals surface area contributed by atoms with Crippen molar-refractivity contribution in [3.05, 3.63) is 113 Å². The van der Waals surface area contributed by atoms with Crippen LogP contribution in [0.15, 0.2) is 72.8 Å². The summed E-state index contributed by atoms with van der Waals surface area (Å²) in [4.78, 5) is 70.6. The number of anilines is 3. The first-order chi connectivity index (χ1) is 20.7. The Morgan fingerprint density at radius 3 is 2.60 bits per heavy atom. The number of hydrogen-bond acceptors (Lipinski definition) is 11. The van der Waals surface area contributed by atoms with Gasteiger partial charge in [0.2, 0.25) is 0 Å². The summed E-state index contributed by atoms with van der Waals surface area (Å²) in [7, 11) is 0. The molecule has 14 nitrogen and oxygen atoms in total. The van der Waals surface area contributed by atoms with Crippen molar-refractivity contribution in [3.63, 3.8) is 0 Å². The number of carbonyl (C=O) groups excluding carboxylic acids is 2. The maximum Gasteiger partial charge on any atom is 0.438 e. The van der Waals surface area contributed by atoms with Crippen molar-refractivity contribution in [1.29, 1.82) is 0 Å². The van der Waals surface area contributed by atoms with E-state index in [0.717, 1.165) is 30.0 Å². The lowest BCUT2D eigenvalue weighted by Crippen LogP contribution is -2.36. The van der Waals surface area contributed by atoms with Gasteiger partial charge in [-0.2, -0.15) is 0 Å². The molecule has 2 aromatic carbocycles. The van der Waals surface area contributed by atoms with E-state index in [9.17, 15) is 28.4 Å². The highest BCUT2D eigenvalue weighted by atomic mass is 19.1. The lowest BCUT2D eigenvalue weighted by Gasteiger charge is -2.20. The summed E-state index contributed by atoms with van der Waals surface area (Å²) in [5.41, 5.74) is 6.05. The minimum absolute atomic E-state index is 0.00476. The van der Waals surface area contributed by atoms with Gasteiger partial charge in [0.15, 0.2) is 5.82 Å².